The van der Waals surface area contributed by atoms with Gasteiger partial charge in [-0.1, -0.05) is 6.92 Å². The molecule has 2 heterocycles. The summed E-state index contributed by atoms with van der Waals surface area (Å²) in [5.74, 6) is 0. The van der Waals surface area contributed by atoms with Crippen molar-refractivity contribution in [3.63, 3.8) is 0 Å². The molecule has 1 fully saturated rings. The van der Waals surface area contributed by atoms with E-state index in [0.717, 1.165) is 12.2 Å². The largest absolute Gasteiger partial charge is 0.299 e. The highest BCUT2D eigenvalue weighted by atomic mass is 15.3. The second-order valence-corrected chi connectivity index (χ2v) is 4.53. The van der Waals surface area contributed by atoms with Crippen LogP contribution in [-0.2, 0) is 6.54 Å². The van der Waals surface area contributed by atoms with E-state index in [1.807, 2.05) is 0 Å². The van der Waals surface area contributed by atoms with Gasteiger partial charge in [-0.3, -0.25) is 9.58 Å². The number of rotatable bonds is 3. The number of likely N-dealkylation sites (N-methyl/N-ethyl adjacent to an activating group) is 1. The fourth-order valence-electron chi connectivity index (χ4n) is 2.58. The standard InChI is InChI=1S/C12H21N3/c1-4-14-7-5-6-12(14)9-15-11(3)8-10(2)13-15/h8,12H,4-7,9H2,1-3H3/t12-/m0/s1. The highest BCUT2D eigenvalue weighted by molar-refractivity contribution is 5.06. The van der Waals surface area contributed by atoms with E-state index in [0.29, 0.717) is 6.04 Å². The molecule has 0 spiro atoms. The zero-order valence-electron chi connectivity index (χ0n) is 10.0. The number of nitrogens with zero attached hydrogens (tertiary/aromatic N) is 3. The molecule has 1 saturated heterocycles. The summed E-state index contributed by atoms with van der Waals surface area (Å²) < 4.78 is 2.16. The van der Waals surface area contributed by atoms with E-state index < -0.39 is 0 Å². The molecule has 0 bridgehead atoms. The maximum Gasteiger partial charge on any atom is 0.0596 e. The van der Waals surface area contributed by atoms with E-state index >= 15 is 0 Å². The summed E-state index contributed by atoms with van der Waals surface area (Å²) in [5, 5.41) is 4.53. The molecule has 2 rings (SSSR count). The lowest BCUT2D eigenvalue weighted by Crippen LogP contribution is -2.33. The minimum atomic E-state index is 0.702. The van der Waals surface area contributed by atoms with E-state index in [4.69, 9.17) is 0 Å². The molecular formula is C12H21N3. The van der Waals surface area contributed by atoms with Crippen molar-refractivity contribution in [3.05, 3.63) is 17.5 Å². The van der Waals surface area contributed by atoms with Crippen molar-refractivity contribution in [3.8, 4) is 0 Å². The van der Waals surface area contributed by atoms with Gasteiger partial charge in [0, 0.05) is 11.7 Å². The Hall–Kier alpha value is -0.830. The van der Waals surface area contributed by atoms with Crippen molar-refractivity contribution in [1.29, 1.82) is 0 Å². The van der Waals surface area contributed by atoms with Crippen molar-refractivity contribution in [2.75, 3.05) is 13.1 Å². The van der Waals surface area contributed by atoms with Gasteiger partial charge in [-0.15, -0.1) is 0 Å². The molecule has 1 aliphatic rings. The van der Waals surface area contributed by atoms with Gasteiger partial charge in [0.25, 0.3) is 0 Å². The van der Waals surface area contributed by atoms with E-state index in [1.165, 1.54) is 31.6 Å². The van der Waals surface area contributed by atoms with E-state index in [9.17, 15) is 0 Å². The van der Waals surface area contributed by atoms with Gasteiger partial charge in [-0.05, 0) is 45.8 Å². The average molecular weight is 207 g/mol. The molecule has 3 nitrogen and oxygen atoms in total. The lowest BCUT2D eigenvalue weighted by molar-refractivity contribution is 0.237. The van der Waals surface area contributed by atoms with Gasteiger partial charge in [0.2, 0.25) is 0 Å². The lowest BCUT2D eigenvalue weighted by atomic mass is 10.2. The summed E-state index contributed by atoms with van der Waals surface area (Å²) in [6, 6.07) is 2.86. The average Bonchev–Trinajstić information content (AvgIpc) is 2.74. The number of likely N-dealkylation sites (tertiary alicyclic amines) is 1. The molecule has 0 unspecified atom stereocenters. The first kappa shape index (κ1) is 10.7. The molecule has 0 amide bonds. The van der Waals surface area contributed by atoms with E-state index in [1.54, 1.807) is 0 Å². The molecule has 0 saturated carbocycles. The Morgan fingerprint density at radius 2 is 2.27 bits per heavy atom. The van der Waals surface area contributed by atoms with Gasteiger partial charge < -0.3 is 0 Å². The van der Waals surface area contributed by atoms with Gasteiger partial charge in [0.05, 0.1) is 12.2 Å². The summed E-state index contributed by atoms with van der Waals surface area (Å²) in [6.07, 6.45) is 2.67. The Bertz CT molecular complexity index is 330. The first-order chi connectivity index (χ1) is 7.20. The van der Waals surface area contributed by atoms with Crippen LogP contribution in [0, 0.1) is 13.8 Å². The first-order valence-electron chi connectivity index (χ1n) is 5.96. The van der Waals surface area contributed by atoms with Gasteiger partial charge in [0.15, 0.2) is 0 Å². The Balaban J connectivity index is 2.05. The second kappa shape index (κ2) is 4.35. The first-order valence-corrected chi connectivity index (χ1v) is 5.96. The predicted octanol–water partition coefficient (Wildman–Crippen LogP) is 1.98. The highest BCUT2D eigenvalue weighted by Gasteiger charge is 2.23. The fraction of sp³-hybridized carbons (Fsp3) is 0.750. The maximum atomic E-state index is 4.53. The molecule has 84 valence electrons. The molecule has 1 aromatic heterocycles. The summed E-state index contributed by atoms with van der Waals surface area (Å²) >= 11 is 0. The summed E-state index contributed by atoms with van der Waals surface area (Å²) in [4.78, 5) is 2.57. The summed E-state index contributed by atoms with van der Waals surface area (Å²) in [6.45, 7) is 9.96. The van der Waals surface area contributed by atoms with E-state index in [2.05, 4.69) is 41.5 Å². The third-order valence-electron chi connectivity index (χ3n) is 3.39. The molecule has 15 heavy (non-hydrogen) atoms. The Morgan fingerprint density at radius 1 is 1.47 bits per heavy atom. The smallest absolute Gasteiger partial charge is 0.0596 e. The minimum Gasteiger partial charge on any atom is -0.299 e. The van der Waals surface area contributed by atoms with E-state index in [-0.39, 0.29) is 0 Å². The van der Waals surface area contributed by atoms with Gasteiger partial charge >= 0.3 is 0 Å². The zero-order chi connectivity index (χ0) is 10.8. The van der Waals surface area contributed by atoms with Crippen LogP contribution in [0.3, 0.4) is 0 Å². The zero-order valence-corrected chi connectivity index (χ0v) is 10.0. The molecule has 0 aliphatic carbocycles. The highest BCUT2D eigenvalue weighted by Crippen LogP contribution is 2.18. The van der Waals surface area contributed by atoms with Crippen LogP contribution in [0.1, 0.15) is 31.2 Å². The quantitative estimate of drug-likeness (QED) is 0.755. The van der Waals surface area contributed by atoms with Gasteiger partial charge in [-0.25, -0.2) is 0 Å². The van der Waals surface area contributed by atoms with Crippen LogP contribution in [0.5, 0.6) is 0 Å². The SMILES string of the molecule is CCN1CCC[C@H]1Cn1nc(C)cc1C. The number of aromatic nitrogens is 2. The molecule has 1 atom stereocenters. The van der Waals surface area contributed by atoms with Gasteiger partial charge in [-0.2, -0.15) is 5.10 Å². The molecule has 3 heteroatoms. The fourth-order valence-corrected chi connectivity index (χ4v) is 2.58. The van der Waals surface area contributed by atoms with Crippen molar-refractivity contribution < 1.29 is 0 Å². The van der Waals surface area contributed by atoms with Crippen molar-refractivity contribution in [2.24, 2.45) is 0 Å². The summed E-state index contributed by atoms with van der Waals surface area (Å²) in [5.41, 5.74) is 2.42. The minimum absolute atomic E-state index is 0.702. The van der Waals surface area contributed by atoms with Crippen LogP contribution < -0.4 is 0 Å². The number of aryl methyl sites for hydroxylation is 2. The molecule has 1 aromatic rings. The molecule has 0 aromatic carbocycles. The lowest BCUT2D eigenvalue weighted by Gasteiger charge is -2.23. The van der Waals surface area contributed by atoms with Crippen LogP contribution in [0.25, 0.3) is 0 Å². The topological polar surface area (TPSA) is 21.1 Å². The van der Waals surface area contributed by atoms with Crippen LogP contribution in [0.2, 0.25) is 0 Å². The third-order valence-corrected chi connectivity index (χ3v) is 3.39. The number of hydrogen-bond donors (Lipinski definition) is 0. The van der Waals surface area contributed by atoms with Crippen LogP contribution in [0.4, 0.5) is 0 Å². The Morgan fingerprint density at radius 3 is 2.87 bits per heavy atom. The van der Waals surface area contributed by atoms with Crippen LogP contribution in [-0.4, -0.2) is 33.8 Å². The number of hydrogen-bond acceptors (Lipinski definition) is 2. The molecular weight excluding hydrogens is 186 g/mol. The maximum absolute atomic E-state index is 4.53. The normalized spacial score (nSPS) is 22.5. The Kier molecular flexibility index (Phi) is 3.10. The van der Waals surface area contributed by atoms with Crippen LogP contribution in [0.15, 0.2) is 6.07 Å². The third kappa shape index (κ3) is 2.23. The predicted molar refractivity (Wildman–Crippen MR) is 62.0 cm³/mol. The molecule has 1 aliphatic heterocycles. The van der Waals surface area contributed by atoms with Gasteiger partial charge in [0.1, 0.15) is 0 Å². The summed E-state index contributed by atoms with van der Waals surface area (Å²) in [7, 11) is 0. The molecule has 0 N–H and O–H groups in total. The van der Waals surface area contributed by atoms with Crippen molar-refractivity contribution in [2.45, 2.75) is 46.2 Å². The Labute approximate surface area is 92.1 Å². The second-order valence-electron chi connectivity index (χ2n) is 4.53. The van der Waals surface area contributed by atoms with Crippen molar-refractivity contribution in [1.82, 2.24) is 14.7 Å². The van der Waals surface area contributed by atoms with Crippen LogP contribution >= 0.6 is 0 Å². The monoisotopic (exact) mass is 207 g/mol. The molecule has 0 radical (unpaired) electrons. The van der Waals surface area contributed by atoms with Crippen molar-refractivity contribution >= 4 is 0 Å².